The Kier molecular flexibility index (Phi) is 5.42. The molecule has 2 N–H and O–H groups in total. The Hall–Kier alpha value is -2.70. The Morgan fingerprint density at radius 1 is 1.16 bits per heavy atom. The van der Waals surface area contributed by atoms with E-state index in [1.54, 1.807) is 18.2 Å². The van der Waals surface area contributed by atoms with Crippen LogP contribution in [0.15, 0.2) is 42.5 Å². The van der Waals surface area contributed by atoms with Gasteiger partial charge in [0.2, 0.25) is 0 Å². The number of carbonyl (C=O) groups excluding carboxylic acids is 1. The van der Waals surface area contributed by atoms with E-state index in [2.05, 4.69) is 9.97 Å². The van der Waals surface area contributed by atoms with Crippen LogP contribution in [-0.4, -0.2) is 47.3 Å². The number of hydrogen-bond acceptors (Lipinski definition) is 5. The highest BCUT2D eigenvalue weighted by molar-refractivity contribution is 5.99. The van der Waals surface area contributed by atoms with E-state index in [0.717, 1.165) is 22.3 Å². The zero-order valence-electron chi connectivity index (χ0n) is 14.0. The van der Waals surface area contributed by atoms with Gasteiger partial charge in [-0.15, -0.1) is 0 Å². The number of Topliss-reactive ketones (excluding diaryl/α,β-unsaturated/α-hetero) is 1. The van der Waals surface area contributed by atoms with Crippen molar-refractivity contribution in [3.05, 3.63) is 48.0 Å². The van der Waals surface area contributed by atoms with Gasteiger partial charge in [-0.2, -0.15) is 0 Å². The topological polar surface area (TPSA) is 84.4 Å². The van der Waals surface area contributed by atoms with Crippen LogP contribution in [0.2, 0.25) is 0 Å². The lowest BCUT2D eigenvalue weighted by Gasteiger charge is -2.06. The monoisotopic (exact) mass is 340 g/mol. The number of aliphatic hydroxyl groups excluding tert-OH is 1. The van der Waals surface area contributed by atoms with Crippen molar-refractivity contribution >= 4 is 16.8 Å². The Morgan fingerprint density at radius 3 is 2.68 bits per heavy atom. The summed E-state index contributed by atoms with van der Waals surface area (Å²) < 4.78 is 10.8. The third-order valence-electron chi connectivity index (χ3n) is 3.78. The van der Waals surface area contributed by atoms with Crippen LogP contribution in [0.25, 0.3) is 22.4 Å². The number of imidazole rings is 1. The van der Waals surface area contributed by atoms with Crippen molar-refractivity contribution in [2.24, 2.45) is 0 Å². The molecular formula is C19H20N2O4. The number of aliphatic hydroxyl groups is 1. The van der Waals surface area contributed by atoms with Crippen molar-refractivity contribution in [2.45, 2.75) is 6.92 Å². The van der Waals surface area contributed by atoms with Crippen LogP contribution in [0.3, 0.4) is 0 Å². The minimum absolute atomic E-state index is 0.313. The molecule has 6 nitrogen and oxygen atoms in total. The predicted molar refractivity (Wildman–Crippen MR) is 94.9 cm³/mol. The average Bonchev–Trinajstić information content (AvgIpc) is 3.08. The van der Waals surface area contributed by atoms with Gasteiger partial charge < -0.3 is 19.6 Å². The quantitative estimate of drug-likeness (QED) is 0.486. The van der Waals surface area contributed by atoms with Crippen LogP contribution >= 0.6 is 0 Å². The summed E-state index contributed by atoms with van der Waals surface area (Å²) in [5.41, 5.74) is 2.90. The highest BCUT2D eigenvalue weighted by atomic mass is 16.5. The van der Waals surface area contributed by atoms with E-state index in [1.165, 1.54) is 0 Å². The summed E-state index contributed by atoms with van der Waals surface area (Å²) in [6, 6.07) is 12.8. The fourth-order valence-electron chi connectivity index (χ4n) is 2.48. The Bertz CT molecular complexity index is 855. The van der Waals surface area contributed by atoms with Gasteiger partial charge in [-0.3, -0.25) is 4.79 Å². The van der Waals surface area contributed by atoms with Crippen molar-refractivity contribution in [3.63, 3.8) is 0 Å². The second kappa shape index (κ2) is 7.92. The fourth-order valence-corrected chi connectivity index (χ4v) is 2.48. The van der Waals surface area contributed by atoms with E-state index >= 15 is 0 Å². The largest absolute Gasteiger partial charge is 0.491 e. The number of ether oxygens (including phenoxy) is 2. The zero-order chi connectivity index (χ0) is 17.6. The molecule has 0 atom stereocenters. The first-order valence-corrected chi connectivity index (χ1v) is 8.16. The van der Waals surface area contributed by atoms with Gasteiger partial charge in [-0.05, 0) is 49.4 Å². The van der Waals surface area contributed by atoms with E-state index in [-0.39, 0.29) is 5.78 Å². The number of benzene rings is 2. The second-order valence-electron chi connectivity index (χ2n) is 5.47. The van der Waals surface area contributed by atoms with Crippen LogP contribution in [0, 0.1) is 0 Å². The number of H-pyrrole nitrogens is 1. The van der Waals surface area contributed by atoms with Crippen molar-refractivity contribution in [3.8, 4) is 17.1 Å². The van der Waals surface area contributed by atoms with E-state index < -0.39 is 6.61 Å². The average molecular weight is 340 g/mol. The molecule has 0 unspecified atom stereocenters. The molecule has 25 heavy (non-hydrogen) atoms. The Balaban J connectivity index is 1.76. The van der Waals surface area contributed by atoms with Crippen molar-refractivity contribution < 1.29 is 19.4 Å². The molecule has 3 aromatic rings. The molecule has 0 aliphatic rings. The number of aromatic amines is 1. The highest BCUT2D eigenvalue weighted by Crippen LogP contribution is 2.23. The highest BCUT2D eigenvalue weighted by Gasteiger charge is 2.09. The molecule has 0 amide bonds. The fraction of sp³-hybridized carbons (Fsp3) is 0.263. The van der Waals surface area contributed by atoms with Crippen molar-refractivity contribution in [1.29, 1.82) is 0 Å². The lowest BCUT2D eigenvalue weighted by Crippen LogP contribution is -2.06. The first kappa shape index (κ1) is 17.1. The number of rotatable bonds is 8. The number of nitrogens with zero attached hydrogens (tertiary/aromatic N) is 1. The van der Waals surface area contributed by atoms with Gasteiger partial charge in [-0.1, -0.05) is 0 Å². The third-order valence-corrected chi connectivity index (χ3v) is 3.78. The Labute approximate surface area is 145 Å². The molecule has 130 valence electrons. The van der Waals surface area contributed by atoms with Gasteiger partial charge in [0, 0.05) is 17.7 Å². The summed E-state index contributed by atoms with van der Waals surface area (Å²) in [5.74, 6) is 1.17. The summed E-state index contributed by atoms with van der Waals surface area (Å²) in [6.45, 7) is 3.21. The lowest BCUT2D eigenvalue weighted by molar-refractivity contribution is 0.0904. The molecular weight excluding hydrogens is 320 g/mol. The molecule has 1 aromatic heterocycles. The summed E-state index contributed by atoms with van der Waals surface area (Å²) in [5, 5.41) is 8.97. The van der Waals surface area contributed by atoms with Crippen LogP contribution in [-0.2, 0) is 4.74 Å². The van der Waals surface area contributed by atoms with Crippen molar-refractivity contribution in [2.75, 3.05) is 26.4 Å². The van der Waals surface area contributed by atoms with Crippen LogP contribution in [0.1, 0.15) is 17.3 Å². The molecule has 2 aromatic carbocycles. The van der Waals surface area contributed by atoms with Crippen LogP contribution in [0.5, 0.6) is 5.75 Å². The van der Waals surface area contributed by atoms with Gasteiger partial charge >= 0.3 is 0 Å². The summed E-state index contributed by atoms with van der Waals surface area (Å²) in [7, 11) is 0. The third kappa shape index (κ3) is 4.04. The SMILES string of the molecule is CCOCCOc1ccc(-c2nc3ccc(C(=O)CO)cc3[nH]2)cc1. The van der Waals surface area contributed by atoms with Gasteiger partial charge in [-0.25, -0.2) is 4.98 Å². The van der Waals surface area contributed by atoms with E-state index in [4.69, 9.17) is 14.6 Å². The van der Waals surface area contributed by atoms with Crippen LogP contribution in [0.4, 0.5) is 0 Å². The molecule has 6 heteroatoms. The summed E-state index contributed by atoms with van der Waals surface area (Å²) in [6.07, 6.45) is 0. The number of aromatic nitrogens is 2. The Morgan fingerprint density at radius 2 is 1.96 bits per heavy atom. The smallest absolute Gasteiger partial charge is 0.188 e. The van der Waals surface area contributed by atoms with Crippen LogP contribution < -0.4 is 4.74 Å². The molecule has 3 rings (SSSR count). The summed E-state index contributed by atoms with van der Waals surface area (Å²) in [4.78, 5) is 19.3. The van der Waals surface area contributed by atoms with E-state index in [0.29, 0.717) is 31.2 Å². The number of carbonyl (C=O) groups is 1. The molecule has 0 bridgehead atoms. The molecule has 0 fully saturated rings. The molecule has 0 aliphatic heterocycles. The maximum absolute atomic E-state index is 11.6. The minimum atomic E-state index is -0.503. The normalized spacial score (nSPS) is 11.0. The maximum atomic E-state index is 11.6. The minimum Gasteiger partial charge on any atom is -0.491 e. The first-order valence-electron chi connectivity index (χ1n) is 8.16. The standard InChI is InChI=1S/C19H20N2O4/c1-2-24-9-10-25-15-6-3-13(4-7-15)19-20-16-8-5-14(18(23)12-22)11-17(16)21-19/h3-8,11,22H,2,9-10,12H2,1H3,(H,20,21). The number of ketones is 1. The lowest BCUT2D eigenvalue weighted by atomic mass is 10.1. The zero-order valence-corrected chi connectivity index (χ0v) is 14.0. The van der Waals surface area contributed by atoms with Gasteiger partial charge in [0.25, 0.3) is 0 Å². The van der Waals surface area contributed by atoms with Gasteiger partial charge in [0.1, 0.15) is 24.8 Å². The van der Waals surface area contributed by atoms with Crippen molar-refractivity contribution in [1.82, 2.24) is 9.97 Å². The second-order valence-corrected chi connectivity index (χ2v) is 5.47. The maximum Gasteiger partial charge on any atom is 0.188 e. The van der Waals surface area contributed by atoms with Gasteiger partial charge in [0.15, 0.2) is 5.78 Å². The molecule has 0 saturated heterocycles. The predicted octanol–water partition coefficient (Wildman–Crippen LogP) is 2.82. The van der Waals surface area contributed by atoms with Gasteiger partial charge in [0.05, 0.1) is 17.6 Å². The van der Waals surface area contributed by atoms with E-state index in [9.17, 15) is 4.79 Å². The number of hydrogen-bond donors (Lipinski definition) is 2. The molecule has 1 heterocycles. The van der Waals surface area contributed by atoms with E-state index in [1.807, 2.05) is 31.2 Å². The molecule has 0 spiro atoms. The molecule has 0 aliphatic carbocycles. The number of nitrogens with one attached hydrogen (secondary N) is 1. The molecule has 0 radical (unpaired) electrons. The summed E-state index contributed by atoms with van der Waals surface area (Å²) >= 11 is 0. The number of fused-ring (bicyclic) bond motifs is 1. The molecule has 0 saturated carbocycles. The first-order chi connectivity index (χ1) is 12.2.